The van der Waals surface area contributed by atoms with E-state index in [1.54, 1.807) is 0 Å². The van der Waals surface area contributed by atoms with Gasteiger partial charge in [0.1, 0.15) is 0 Å². The van der Waals surface area contributed by atoms with Gasteiger partial charge in [0.2, 0.25) is 0 Å². The van der Waals surface area contributed by atoms with Gasteiger partial charge in [-0.3, -0.25) is 24.9 Å². The van der Waals surface area contributed by atoms with Crippen LogP contribution >= 0.6 is 0 Å². The molecule has 0 atom stereocenters. The molecule has 0 bridgehead atoms. The number of aryl methyl sites for hydroxylation is 5. The number of fused-ring (bicyclic) bond motifs is 5. The maximum atomic E-state index is 4.28. The Labute approximate surface area is 323 Å². The first-order chi connectivity index (χ1) is 26.8. The van der Waals surface area contributed by atoms with E-state index in [0.29, 0.717) is 0 Å². The Kier molecular flexibility index (Phi) is 12.9. The van der Waals surface area contributed by atoms with E-state index in [1.165, 1.54) is 54.7 Å². The Morgan fingerprint density at radius 3 is 1.36 bits per heavy atom. The van der Waals surface area contributed by atoms with Crippen LogP contribution in [0, 0.1) is 34.6 Å². The van der Waals surface area contributed by atoms with E-state index in [1.807, 2.05) is 79.5 Å². The molecule has 0 spiro atoms. The maximum absolute atomic E-state index is 4.28. The summed E-state index contributed by atoms with van der Waals surface area (Å²) in [5.41, 5.74) is 11.7. The second-order valence-corrected chi connectivity index (χ2v) is 13.4. The van der Waals surface area contributed by atoms with E-state index < -0.39 is 0 Å². The maximum Gasteiger partial charge on any atom is 0.0731 e. The fraction of sp³-hybridized carbons (Fsp3) is 0.100. The summed E-state index contributed by atoms with van der Waals surface area (Å²) in [5, 5.41) is 6.09. The highest BCUT2D eigenvalue weighted by Crippen LogP contribution is 2.16. The molecule has 5 heterocycles. The molecule has 0 aliphatic carbocycles. The monoisotopic (exact) mass is 715 g/mol. The van der Waals surface area contributed by atoms with Gasteiger partial charge in [-0.1, -0.05) is 96.6 Å². The topological polar surface area (TPSA) is 64.5 Å². The van der Waals surface area contributed by atoms with E-state index in [9.17, 15) is 0 Å². The number of hydrogen-bond acceptors (Lipinski definition) is 5. The summed E-state index contributed by atoms with van der Waals surface area (Å²) in [4.78, 5) is 21.2. The van der Waals surface area contributed by atoms with E-state index in [0.717, 1.165) is 27.6 Å². The van der Waals surface area contributed by atoms with Crippen LogP contribution in [0.5, 0.6) is 0 Å². The molecule has 0 fully saturated rings. The number of pyridine rings is 5. The Hall–Kier alpha value is -6.85. The molecular formula is C50H45N5. The fourth-order valence-corrected chi connectivity index (χ4v) is 6.06. The van der Waals surface area contributed by atoms with Crippen molar-refractivity contribution in [2.75, 3.05) is 0 Å². The average Bonchev–Trinajstić information content (AvgIpc) is 3.22. The molecule has 10 aromatic rings. The summed E-state index contributed by atoms with van der Waals surface area (Å²) in [6.45, 7) is 10.4. The lowest BCUT2D eigenvalue weighted by Crippen LogP contribution is -1.80. The normalized spacial score (nSPS) is 10.3. The predicted molar refractivity (Wildman–Crippen MR) is 232 cm³/mol. The molecule has 0 aliphatic rings. The second-order valence-electron chi connectivity index (χ2n) is 13.4. The summed E-state index contributed by atoms with van der Waals surface area (Å²) in [6.07, 6.45) is 9.11. The Morgan fingerprint density at radius 1 is 0.291 bits per heavy atom. The molecule has 0 aliphatic heterocycles. The summed E-state index contributed by atoms with van der Waals surface area (Å²) >= 11 is 0. The molecule has 270 valence electrons. The molecular weight excluding hydrogens is 671 g/mol. The number of hydrogen-bond donors (Lipinski definition) is 0. The van der Waals surface area contributed by atoms with Crippen LogP contribution < -0.4 is 0 Å². The van der Waals surface area contributed by atoms with Crippen molar-refractivity contribution in [1.82, 2.24) is 24.9 Å². The van der Waals surface area contributed by atoms with Crippen LogP contribution in [0.4, 0.5) is 0 Å². The van der Waals surface area contributed by atoms with Crippen molar-refractivity contribution in [3.8, 4) is 0 Å². The number of rotatable bonds is 0. The molecule has 5 aromatic carbocycles. The van der Waals surface area contributed by atoms with Crippen molar-refractivity contribution in [2.45, 2.75) is 34.6 Å². The number of nitrogens with zero attached hydrogens (tertiary/aromatic N) is 5. The zero-order valence-electron chi connectivity index (χ0n) is 32.1. The fourth-order valence-electron chi connectivity index (χ4n) is 6.06. The van der Waals surface area contributed by atoms with Crippen LogP contribution in [-0.2, 0) is 0 Å². The molecule has 10 rings (SSSR count). The molecule has 5 heteroatoms. The van der Waals surface area contributed by atoms with E-state index in [-0.39, 0.29) is 0 Å². The number of benzene rings is 5. The van der Waals surface area contributed by atoms with Crippen LogP contribution in [-0.4, -0.2) is 24.9 Å². The standard InChI is InChI=1S/5C10H9N/c1-8-4-2-6-10-9(8)5-3-7-11-10;1-8-4-2-5-9-6-3-7-11-10(8)9;1-8-4-5-10-9(7-8)3-2-6-11-10;2*1-8-4-5-9-3-2-6-11-10(9)7-8/h5*2-7H,1H3. The minimum absolute atomic E-state index is 1.07. The Morgan fingerprint density at radius 2 is 0.745 bits per heavy atom. The predicted octanol–water partition coefficient (Wildman–Crippen LogP) is 12.7. The molecule has 5 nitrogen and oxygen atoms in total. The Balaban J connectivity index is 0.000000117. The van der Waals surface area contributed by atoms with Crippen LogP contribution in [0.15, 0.2) is 183 Å². The Bertz CT molecular complexity index is 2510. The minimum atomic E-state index is 1.07. The third-order valence-electron chi connectivity index (χ3n) is 8.98. The lowest BCUT2D eigenvalue weighted by atomic mass is 10.1. The van der Waals surface area contributed by atoms with Crippen molar-refractivity contribution in [1.29, 1.82) is 0 Å². The van der Waals surface area contributed by atoms with Gasteiger partial charge >= 0.3 is 0 Å². The van der Waals surface area contributed by atoms with Crippen molar-refractivity contribution < 1.29 is 0 Å². The SMILES string of the molecule is Cc1ccc2cccnc2c1.Cc1ccc2cccnc2c1.Cc1ccc2ncccc2c1.Cc1cccc2cccnc12.Cc1cccc2ncccc12. The highest BCUT2D eigenvalue weighted by molar-refractivity contribution is 5.83. The van der Waals surface area contributed by atoms with Crippen molar-refractivity contribution >= 4 is 54.5 Å². The first-order valence-electron chi connectivity index (χ1n) is 18.4. The second kappa shape index (κ2) is 18.8. The summed E-state index contributed by atoms with van der Waals surface area (Å²) in [6, 6.07) is 51.4. The van der Waals surface area contributed by atoms with Crippen LogP contribution in [0.1, 0.15) is 27.8 Å². The molecule has 55 heavy (non-hydrogen) atoms. The highest BCUT2D eigenvalue weighted by atomic mass is 14.7. The van der Waals surface area contributed by atoms with Gasteiger partial charge in [0.05, 0.1) is 27.6 Å². The van der Waals surface area contributed by atoms with Gasteiger partial charge in [0, 0.05) is 57.9 Å². The van der Waals surface area contributed by atoms with Crippen molar-refractivity contribution in [3.05, 3.63) is 210 Å². The van der Waals surface area contributed by atoms with E-state index in [2.05, 4.69) is 163 Å². The highest BCUT2D eigenvalue weighted by Gasteiger charge is 1.96. The number of aromatic nitrogens is 5. The third-order valence-corrected chi connectivity index (χ3v) is 8.98. The van der Waals surface area contributed by atoms with Gasteiger partial charge in [-0.2, -0.15) is 0 Å². The van der Waals surface area contributed by atoms with Crippen molar-refractivity contribution in [3.63, 3.8) is 0 Å². The number of para-hydroxylation sites is 1. The molecule has 0 unspecified atom stereocenters. The molecule has 0 N–H and O–H groups in total. The average molecular weight is 716 g/mol. The van der Waals surface area contributed by atoms with Crippen LogP contribution in [0.3, 0.4) is 0 Å². The first kappa shape index (κ1) is 37.9. The first-order valence-corrected chi connectivity index (χ1v) is 18.4. The van der Waals surface area contributed by atoms with Gasteiger partial charge in [-0.15, -0.1) is 0 Å². The van der Waals surface area contributed by atoms with E-state index in [4.69, 9.17) is 0 Å². The third kappa shape index (κ3) is 10.6. The minimum Gasteiger partial charge on any atom is -0.256 e. The van der Waals surface area contributed by atoms with E-state index >= 15 is 0 Å². The smallest absolute Gasteiger partial charge is 0.0731 e. The zero-order chi connectivity index (χ0) is 38.4. The van der Waals surface area contributed by atoms with Crippen molar-refractivity contribution in [2.24, 2.45) is 0 Å². The molecule has 5 aromatic heterocycles. The molecule has 0 saturated heterocycles. The summed E-state index contributed by atoms with van der Waals surface area (Å²) in [7, 11) is 0. The van der Waals surface area contributed by atoms with Gasteiger partial charge in [0.15, 0.2) is 0 Å². The summed E-state index contributed by atoms with van der Waals surface area (Å²) < 4.78 is 0. The lowest BCUT2D eigenvalue weighted by Gasteiger charge is -1.97. The molecule has 0 radical (unpaired) electrons. The van der Waals surface area contributed by atoms with Gasteiger partial charge < -0.3 is 0 Å². The van der Waals surface area contributed by atoms with Gasteiger partial charge in [-0.05, 0) is 118 Å². The van der Waals surface area contributed by atoms with Gasteiger partial charge in [0.25, 0.3) is 0 Å². The molecule has 0 saturated carbocycles. The zero-order valence-corrected chi connectivity index (χ0v) is 32.1. The lowest BCUT2D eigenvalue weighted by molar-refractivity contribution is 1.37. The van der Waals surface area contributed by atoms with Crippen LogP contribution in [0.25, 0.3) is 54.5 Å². The molecule has 0 amide bonds. The quantitative estimate of drug-likeness (QED) is 0.156. The van der Waals surface area contributed by atoms with Crippen LogP contribution in [0.2, 0.25) is 0 Å². The summed E-state index contributed by atoms with van der Waals surface area (Å²) in [5.74, 6) is 0. The van der Waals surface area contributed by atoms with Gasteiger partial charge in [-0.25, -0.2) is 0 Å². The largest absolute Gasteiger partial charge is 0.256 e.